The SMILES string of the molecule is O=C(NNS(=O)(=O)c1ccccc1[N+](=O)[O-])c1ccc(Cl)c(Cl)c1. The maximum Gasteiger partial charge on any atom is 0.289 e. The zero-order valence-corrected chi connectivity index (χ0v) is 14.0. The average molecular weight is 390 g/mol. The van der Waals surface area contributed by atoms with Crippen LogP contribution in [0.4, 0.5) is 5.69 Å². The third-order valence-electron chi connectivity index (χ3n) is 2.83. The average Bonchev–Trinajstić information content (AvgIpc) is 2.55. The molecule has 0 aliphatic heterocycles. The summed E-state index contributed by atoms with van der Waals surface area (Å²) >= 11 is 11.5. The van der Waals surface area contributed by atoms with E-state index in [1.54, 1.807) is 4.83 Å². The fourth-order valence-electron chi connectivity index (χ4n) is 1.71. The van der Waals surface area contributed by atoms with Crippen LogP contribution in [0.5, 0.6) is 0 Å². The predicted octanol–water partition coefficient (Wildman–Crippen LogP) is 2.52. The van der Waals surface area contributed by atoms with Crippen LogP contribution >= 0.6 is 23.2 Å². The summed E-state index contributed by atoms with van der Waals surface area (Å²) in [5.41, 5.74) is 1.38. The Morgan fingerprint density at radius 1 is 1.08 bits per heavy atom. The molecule has 0 heterocycles. The molecule has 0 bridgehead atoms. The van der Waals surface area contributed by atoms with E-state index in [2.05, 4.69) is 0 Å². The number of hydrazine groups is 1. The van der Waals surface area contributed by atoms with E-state index >= 15 is 0 Å². The summed E-state index contributed by atoms with van der Waals surface area (Å²) in [4.78, 5) is 23.2. The fraction of sp³-hybridized carbons (Fsp3) is 0. The second kappa shape index (κ2) is 7.14. The van der Waals surface area contributed by atoms with Crippen LogP contribution in [0.2, 0.25) is 10.0 Å². The summed E-state index contributed by atoms with van der Waals surface area (Å²) in [6, 6.07) is 8.69. The molecule has 0 saturated carbocycles. The van der Waals surface area contributed by atoms with Crippen molar-refractivity contribution in [1.29, 1.82) is 0 Å². The van der Waals surface area contributed by atoms with E-state index in [9.17, 15) is 23.3 Å². The second-order valence-electron chi connectivity index (χ2n) is 4.41. The molecule has 2 aromatic rings. The van der Waals surface area contributed by atoms with Gasteiger partial charge in [-0.3, -0.25) is 20.3 Å². The number of para-hydroxylation sites is 1. The number of carbonyl (C=O) groups is 1. The normalized spacial score (nSPS) is 11.1. The standard InChI is InChI=1S/C13H9Cl2N3O5S/c14-9-6-5-8(7-10(9)15)13(19)16-17-24(22,23)12-4-2-1-3-11(12)18(20)21/h1-7,17H,(H,16,19). The highest BCUT2D eigenvalue weighted by Crippen LogP contribution is 2.23. The van der Waals surface area contributed by atoms with E-state index in [1.807, 2.05) is 5.43 Å². The molecular formula is C13H9Cl2N3O5S. The van der Waals surface area contributed by atoms with Gasteiger partial charge in [-0.05, 0) is 24.3 Å². The maximum atomic E-state index is 12.1. The first-order valence-corrected chi connectivity index (χ1v) is 8.47. The Bertz CT molecular complexity index is 918. The Morgan fingerprint density at radius 3 is 2.38 bits per heavy atom. The van der Waals surface area contributed by atoms with Crippen molar-refractivity contribution in [3.8, 4) is 0 Å². The summed E-state index contributed by atoms with van der Waals surface area (Å²) < 4.78 is 24.3. The Labute approximate surface area is 146 Å². The van der Waals surface area contributed by atoms with Gasteiger partial charge in [0.15, 0.2) is 4.90 Å². The van der Waals surface area contributed by atoms with Gasteiger partial charge in [0.1, 0.15) is 0 Å². The molecule has 0 saturated heterocycles. The minimum absolute atomic E-state index is 0.0506. The summed E-state index contributed by atoms with van der Waals surface area (Å²) in [5.74, 6) is -0.810. The van der Waals surface area contributed by atoms with Crippen LogP contribution in [0, 0.1) is 10.1 Å². The molecule has 1 amide bonds. The summed E-state index contributed by atoms with van der Waals surface area (Å²) in [6.45, 7) is 0. The lowest BCUT2D eigenvalue weighted by Crippen LogP contribution is -2.41. The lowest BCUT2D eigenvalue weighted by atomic mass is 10.2. The zero-order chi connectivity index (χ0) is 17.9. The number of carbonyl (C=O) groups excluding carboxylic acids is 1. The van der Waals surface area contributed by atoms with E-state index in [-0.39, 0.29) is 15.6 Å². The van der Waals surface area contributed by atoms with Crippen LogP contribution in [0.3, 0.4) is 0 Å². The van der Waals surface area contributed by atoms with Gasteiger partial charge in [0.25, 0.3) is 21.6 Å². The summed E-state index contributed by atoms with van der Waals surface area (Å²) in [5, 5.41) is 11.2. The smallest absolute Gasteiger partial charge is 0.273 e. The van der Waals surface area contributed by atoms with Crippen molar-refractivity contribution in [2.75, 3.05) is 0 Å². The van der Waals surface area contributed by atoms with Crippen molar-refractivity contribution in [2.45, 2.75) is 4.90 Å². The van der Waals surface area contributed by atoms with Gasteiger partial charge in [-0.15, -0.1) is 4.83 Å². The third-order valence-corrected chi connectivity index (χ3v) is 4.87. The topological polar surface area (TPSA) is 118 Å². The quantitative estimate of drug-likeness (QED) is 0.601. The molecule has 0 aromatic heterocycles. The predicted molar refractivity (Wildman–Crippen MR) is 87.3 cm³/mol. The fourth-order valence-corrected chi connectivity index (χ4v) is 3.02. The van der Waals surface area contributed by atoms with Crippen molar-refractivity contribution in [3.63, 3.8) is 0 Å². The van der Waals surface area contributed by atoms with Gasteiger partial charge in [-0.1, -0.05) is 35.3 Å². The minimum atomic E-state index is -4.34. The van der Waals surface area contributed by atoms with Crippen LogP contribution < -0.4 is 10.3 Å². The van der Waals surface area contributed by atoms with Crippen molar-refractivity contribution in [1.82, 2.24) is 10.3 Å². The van der Waals surface area contributed by atoms with Gasteiger partial charge in [0.05, 0.1) is 15.0 Å². The van der Waals surface area contributed by atoms with E-state index in [4.69, 9.17) is 23.2 Å². The number of nitrogens with one attached hydrogen (secondary N) is 2. The number of benzene rings is 2. The van der Waals surface area contributed by atoms with Crippen LogP contribution in [0.15, 0.2) is 47.4 Å². The number of nitro benzene ring substituents is 1. The van der Waals surface area contributed by atoms with Gasteiger partial charge in [-0.2, -0.15) is 0 Å². The molecule has 126 valence electrons. The number of hydrogen-bond acceptors (Lipinski definition) is 5. The third kappa shape index (κ3) is 4.01. The molecule has 0 spiro atoms. The molecule has 2 N–H and O–H groups in total. The molecule has 0 unspecified atom stereocenters. The van der Waals surface area contributed by atoms with Crippen molar-refractivity contribution < 1.29 is 18.1 Å². The van der Waals surface area contributed by atoms with E-state index < -0.39 is 31.4 Å². The van der Waals surface area contributed by atoms with Crippen molar-refractivity contribution in [3.05, 3.63) is 68.2 Å². The second-order valence-corrected chi connectivity index (χ2v) is 6.88. The Balaban J connectivity index is 2.20. The number of rotatable bonds is 5. The molecule has 0 atom stereocenters. The number of nitro groups is 1. The highest BCUT2D eigenvalue weighted by atomic mass is 35.5. The lowest BCUT2D eigenvalue weighted by molar-refractivity contribution is -0.387. The molecule has 0 aliphatic carbocycles. The summed E-state index contributed by atoms with van der Waals surface area (Å²) in [7, 11) is -4.34. The zero-order valence-electron chi connectivity index (χ0n) is 11.7. The van der Waals surface area contributed by atoms with E-state index in [0.717, 1.165) is 12.1 Å². The molecule has 0 fully saturated rings. The molecule has 8 nitrogen and oxygen atoms in total. The minimum Gasteiger partial charge on any atom is -0.273 e. The molecule has 2 rings (SSSR count). The Hall–Kier alpha value is -2.20. The van der Waals surface area contributed by atoms with Gasteiger partial charge >= 0.3 is 0 Å². The molecule has 0 radical (unpaired) electrons. The van der Waals surface area contributed by atoms with Gasteiger partial charge < -0.3 is 0 Å². The largest absolute Gasteiger partial charge is 0.289 e. The van der Waals surface area contributed by atoms with Crippen molar-refractivity contribution >= 4 is 44.8 Å². The molecular weight excluding hydrogens is 381 g/mol. The van der Waals surface area contributed by atoms with Gasteiger partial charge in [0, 0.05) is 11.6 Å². The maximum absolute atomic E-state index is 12.1. The number of halogens is 2. The van der Waals surface area contributed by atoms with Gasteiger partial charge in [0.2, 0.25) is 0 Å². The molecule has 0 aliphatic rings. The van der Waals surface area contributed by atoms with Crippen LogP contribution in [-0.2, 0) is 10.0 Å². The highest BCUT2D eigenvalue weighted by molar-refractivity contribution is 7.89. The lowest BCUT2D eigenvalue weighted by Gasteiger charge is -2.09. The van der Waals surface area contributed by atoms with E-state index in [0.29, 0.717) is 0 Å². The number of amides is 1. The molecule has 11 heteroatoms. The molecule has 2 aromatic carbocycles. The van der Waals surface area contributed by atoms with Crippen LogP contribution in [0.1, 0.15) is 10.4 Å². The van der Waals surface area contributed by atoms with Crippen LogP contribution in [-0.4, -0.2) is 19.2 Å². The first-order chi connectivity index (χ1) is 11.2. The highest BCUT2D eigenvalue weighted by Gasteiger charge is 2.25. The molecule has 24 heavy (non-hydrogen) atoms. The number of sulfonamides is 1. The van der Waals surface area contributed by atoms with Gasteiger partial charge in [-0.25, -0.2) is 8.42 Å². The Kier molecular flexibility index (Phi) is 5.40. The number of nitrogens with zero attached hydrogens (tertiary/aromatic N) is 1. The first kappa shape index (κ1) is 18.1. The monoisotopic (exact) mass is 389 g/mol. The number of hydrogen-bond donors (Lipinski definition) is 2. The summed E-state index contributed by atoms with van der Waals surface area (Å²) in [6.07, 6.45) is 0. The van der Waals surface area contributed by atoms with E-state index in [1.165, 1.54) is 30.3 Å². The first-order valence-electron chi connectivity index (χ1n) is 6.23. The van der Waals surface area contributed by atoms with Crippen molar-refractivity contribution in [2.24, 2.45) is 0 Å². The Morgan fingerprint density at radius 2 is 1.75 bits per heavy atom. The van der Waals surface area contributed by atoms with Crippen LogP contribution in [0.25, 0.3) is 0 Å².